The van der Waals surface area contributed by atoms with Crippen LogP contribution in [0, 0.1) is 20.8 Å². The molecule has 0 bridgehead atoms. The van der Waals surface area contributed by atoms with E-state index in [1.807, 2.05) is 51.1 Å². The molecule has 1 aliphatic heterocycles. The third kappa shape index (κ3) is 4.93. The number of benzene rings is 2. The van der Waals surface area contributed by atoms with Crippen molar-refractivity contribution in [1.29, 1.82) is 0 Å². The van der Waals surface area contributed by atoms with Crippen LogP contribution in [-0.4, -0.2) is 32.9 Å². The molecule has 0 aliphatic carbocycles. The lowest BCUT2D eigenvalue weighted by Gasteiger charge is -2.36. The second-order valence-corrected chi connectivity index (χ2v) is 10.5. The normalized spacial score (nSPS) is 17.0. The quantitative estimate of drug-likeness (QED) is 0.781. The third-order valence-electron chi connectivity index (χ3n) is 4.94. The molecule has 1 aliphatic rings. The number of thioether (sulfide) groups is 1. The minimum absolute atomic E-state index is 0.195. The predicted molar refractivity (Wildman–Crippen MR) is 111 cm³/mol. The van der Waals surface area contributed by atoms with Crippen molar-refractivity contribution >= 4 is 21.8 Å². The summed E-state index contributed by atoms with van der Waals surface area (Å²) in [6.07, 6.45) is 1.64. The van der Waals surface area contributed by atoms with Crippen molar-refractivity contribution in [3.63, 3.8) is 0 Å². The molecule has 6 heteroatoms. The molecule has 0 saturated carbocycles. The Kier molecular flexibility index (Phi) is 6.31. The number of sulfonamides is 1. The molecule has 27 heavy (non-hydrogen) atoms. The first kappa shape index (κ1) is 20.4. The van der Waals surface area contributed by atoms with Gasteiger partial charge < -0.3 is 4.74 Å². The summed E-state index contributed by atoms with van der Waals surface area (Å²) in [5.74, 6) is 0. The Morgan fingerprint density at radius 3 is 2.22 bits per heavy atom. The minimum atomic E-state index is -3.57. The fourth-order valence-electron chi connectivity index (χ4n) is 3.69. The van der Waals surface area contributed by atoms with Gasteiger partial charge in [-0.3, -0.25) is 0 Å². The number of ether oxygens (including phenoxy) is 1. The van der Waals surface area contributed by atoms with Crippen LogP contribution in [0.2, 0.25) is 0 Å². The molecular weight excluding hydrogens is 378 g/mol. The van der Waals surface area contributed by atoms with Crippen LogP contribution >= 0.6 is 11.8 Å². The average Bonchev–Trinajstić information content (AvgIpc) is 2.61. The molecule has 0 amide bonds. The van der Waals surface area contributed by atoms with E-state index in [0.29, 0.717) is 24.7 Å². The summed E-state index contributed by atoms with van der Waals surface area (Å²) in [5, 5.41) is 0. The van der Waals surface area contributed by atoms with Crippen LogP contribution in [0.5, 0.6) is 0 Å². The first-order chi connectivity index (χ1) is 12.8. The average molecular weight is 406 g/mol. The van der Waals surface area contributed by atoms with Crippen molar-refractivity contribution in [2.24, 2.45) is 0 Å². The Morgan fingerprint density at radius 2 is 1.63 bits per heavy atom. The molecular formula is C21H27NO3S2. The van der Waals surface area contributed by atoms with Crippen molar-refractivity contribution in [3.05, 3.63) is 59.2 Å². The van der Waals surface area contributed by atoms with Crippen LogP contribution in [0.3, 0.4) is 0 Å². The van der Waals surface area contributed by atoms with Gasteiger partial charge in [0, 0.05) is 29.4 Å². The highest BCUT2D eigenvalue weighted by Crippen LogP contribution is 2.40. The van der Waals surface area contributed by atoms with E-state index in [1.54, 1.807) is 11.8 Å². The van der Waals surface area contributed by atoms with Crippen molar-refractivity contribution < 1.29 is 13.2 Å². The zero-order chi connectivity index (χ0) is 19.5. The van der Waals surface area contributed by atoms with Gasteiger partial charge in [-0.25, -0.2) is 13.1 Å². The lowest BCUT2D eigenvalue weighted by atomic mass is 9.99. The molecule has 2 aromatic rings. The maximum Gasteiger partial charge on any atom is 0.241 e. The number of hydrogen-bond donors (Lipinski definition) is 1. The third-order valence-corrected chi connectivity index (χ3v) is 8.14. The monoisotopic (exact) mass is 405 g/mol. The van der Waals surface area contributed by atoms with Crippen molar-refractivity contribution in [3.8, 4) is 0 Å². The van der Waals surface area contributed by atoms with Gasteiger partial charge in [0.15, 0.2) is 0 Å². The summed E-state index contributed by atoms with van der Waals surface area (Å²) in [6, 6.07) is 14.0. The molecule has 3 rings (SSSR count). The van der Waals surface area contributed by atoms with Crippen LogP contribution < -0.4 is 4.72 Å². The zero-order valence-corrected chi connectivity index (χ0v) is 17.8. The number of hydrogen-bond acceptors (Lipinski definition) is 4. The Bertz CT molecular complexity index is 866. The molecule has 1 fully saturated rings. The van der Waals surface area contributed by atoms with Crippen LogP contribution in [0.25, 0.3) is 0 Å². The molecule has 0 aromatic heterocycles. The van der Waals surface area contributed by atoms with Gasteiger partial charge in [-0.15, -0.1) is 11.8 Å². The second kappa shape index (κ2) is 8.35. The van der Waals surface area contributed by atoms with E-state index in [4.69, 9.17) is 4.74 Å². The number of rotatable bonds is 6. The van der Waals surface area contributed by atoms with Gasteiger partial charge in [0.05, 0.1) is 4.90 Å². The van der Waals surface area contributed by atoms with Crippen LogP contribution in [0.15, 0.2) is 52.3 Å². The molecule has 0 atom stereocenters. The lowest BCUT2D eigenvalue weighted by Crippen LogP contribution is -2.44. The molecule has 1 heterocycles. The van der Waals surface area contributed by atoms with Gasteiger partial charge in [0.1, 0.15) is 0 Å². The van der Waals surface area contributed by atoms with Gasteiger partial charge in [-0.1, -0.05) is 35.9 Å². The first-order valence-corrected chi connectivity index (χ1v) is 11.5. The molecule has 0 spiro atoms. The molecule has 146 valence electrons. The Labute approximate surface area is 166 Å². The fraction of sp³-hybridized carbons (Fsp3) is 0.429. The van der Waals surface area contributed by atoms with E-state index in [-0.39, 0.29) is 4.75 Å². The zero-order valence-electron chi connectivity index (χ0n) is 16.1. The predicted octanol–water partition coefficient (Wildman–Crippen LogP) is 4.23. The lowest BCUT2D eigenvalue weighted by molar-refractivity contribution is 0.0784. The van der Waals surface area contributed by atoms with Gasteiger partial charge in [-0.05, 0) is 56.9 Å². The van der Waals surface area contributed by atoms with E-state index in [1.165, 1.54) is 0 Å². The van der Waals surface area contributed by atoms with Crippen LogP contribution in [0.1, 0.15) is 29.5 Å². The van der Waals surface area contributed by atoms with Crippen LogP contribution in [-0.2, 0) is 14.8 Å². The highest BCUT2D eigenvalue weighted by molar-refractivity contribution is 8.00. The second-order valence-electron chi connectivity index (χ2n) is 7.26. The number of nitrogens with one attached hydrogen (secondary N) is 1. The molecule has 0 unspecified atom stereocenters. The van der Waals surface area contributed by atoms with E-state index < -0.39 is 10.0 Å². The topological polar surface area (TPSA) is 55.4 Å². The summed E-state index contributed by atoms with van der Waals surface area (Å²) in [7, 11) is -3.57. The molecule has 0 radical (unpaired) electrons. The molecule has 4 nitrogen and oxygen atoms in total. The molecule has 1 N–H and O–H groups in total. The van der Waals surface area contributed by atoms with Crippen molar-refractivity contribution in [2.45, 2.75) is 48.2 Å². The first-order valence-electron chi connectivity index (χ1n) is 9.21. The largest absolute Gasteiger partial charge is 0.381 e. The van der Waals surface area contributed by atoms with Gasteiger partial charge in [-0.2, -0.15) is 0 Å². The van der Waals surface area contributed by atoms with Gasteiger partial charge in [0.25, 0.3) is 0 Å². The smallest absolute Gasteiger partial charge is 0.241 e. The summed E-state index contributed by atoms with van der Waals surface area (Å²) in [4.78, 5) is 1.56. The van der Waals surface area contributed by atoms with E-state index in [0.717, 1.165) is 34.4 Å². The van der Waals surface area contributed by atoms with Crippen LogP contribution in [0.4, 0.5) is 0 Å². The summed E-state index contributed by atoms with van der Waals surface area (Å²) in [5.41, 5.74) is 2.65. The SMILES string of the molecule is Cc1cc(C)c(S(=O)(=O)NCC2(Sc3ccccc3)CCOCC2)c(C)c1. The number of aryl methyl sites for hydroxylation is 3. The van der Waals surface area contributed by atoms with E-state index >= 15 is 0 Å². The summed E-state index contributed by atoms with van der Waals surface area (Å²) < 4.78 is 34.4. The fourth-order valence-corrected chi connectivity index (χ4v) is 6.66. The maximum absolute atomic E-state index is 13.1. The Balaban J connectivity index is 1.83. The standard InChI is InChI=1S/C21H27NO3S2/c1-16-13-17(2)20(18(3)14-16)27(23,24)22-15-21(9-11-25-12-10-21)26-19-7-5-4-6-8-19/h4-8,13-14,22H,9-12,15H2,1-3H3. The maximum atomic E-state index is 13.1. The van der Waals surface area contributed by atoms with E-state index in [2.05, 4.69) is 16.9 Å². The molecule has 1 saturated heterocycles. The van der Waals surface area contributed by atoms with E-state index in [9.17, 15) is 8.42 Å². The van der Waals surface area contributed by atoms with Gasteiger partial charge in [0.2, 0.25) is 10.0 Å². The Hall–Kier alpha value is -1.34. The highest BCUT2D eigenvalue weighted by Gasteiger charge is 2.35. The summed E-state index contributed by atoms with van der Waals surface area (Å²) in [6.45, 7) is 7.41. The minimum Gasteiger partial charge on any atom is -0.381 e. The molecule has 2 aromatic carbocycles. The van der Waals surface area contributed by atoms with Crippen molar-refractivity contribution in [2.75, 3.05) is 19.8 Å². The Morgan fingerprint density at radius 1 is 1.04 bits per heavy atom. The highest BCUT2D eigenvalue weighted by atomic mass is 32.2. The van der Waals surface area contributed by atoms with Gasteiger partial charge >= 0.3 is 0 Å². The summed E-state index contributed by atoms with van der Waals surface area (Å²) >= 11 is 1.75. The van der Waals surface area contributed by atoms with Crippen molar-refractivity contribution in [1.82, 2.24) is 4.72 Å².